The molecule has 0 fully saturated rings. The van der Waals surface area contributed by atoms with Crippen molar-refractivity contribution < 1.29 is 14.3 Å². The smallest absolute Gasteiger partial charge is 0.357 e. The van der Waals surface area contributed by atoms with Crippen LogP contribution in [-0.2, 0) is 17.6 Å². The maximum absolute atomic E-state index is 12.2. The fraction of sp³-hybridized carbons (Fsp3) is 0.278. The Labute approximate surface area is 134 Å². The zero-order valence-corrected chi connectivity index (χ0v) is 13.0. The molecule has 1 aromatic carbocycles. The lowest BCUT2D eigenvalue weighted by molar-refractivity contribution is 0.0517. The SMILES string of the molecule is CCOC(=O)c1nc(Cc2ccccc2)cc2c1CCNC2=O. The zero-order chi connectivity index (χ0) is 16.2. The molecule has 118 valence electrons. The number of ether oxygens (including phenoxy) is 1. The molecule has 1 aliphatic rings. The fourth-order valence-corrected chi connectivity index (χ4v) is 2.74. The molecule has 5 heteroatoms. The van der Waals surface area contributed by atoms with Crippen LogP contribution in [0.15, 0.2) is 36.4 Å². The van der Waals surface area contributed by atoms with E-state index in [0.717, 1.165) is 5.56 Å². The van der Waals surface area contributed by atoms with Crippen molar-refractivity contribution in [3.63, 3.8) is 0 Å². The van der Waals surface area contributed by atoms with Crippen LogP contribution in [0.3, 0.4) is 0 Å². The van der Waals surface area contributed by atoms with Crippen LogP contribution in [0.1, 0.15) is 44.6 Å². The second-order valence-corrected chi connectivity index (χ2v) is 5.38. The number of rotatable bonds is 4. The molecule has 0 spiro atoms. The molecule has 0 saturated heterocycles. The third kappa shape index (κ3) is 3.23. The van der Waals surface area contributed by atoms with Gasteiger partial charge in [0.1, 0.15) is 0 Å². The largest absolute Gasteiger partial charge is 0.461 e. The quantitative estimate of drug-likeness (QED) is 0.879. The third-order valence-corrected chi connectivity index (χ3v) is 3.78. The number of carbonyl (C=O) groups is 2. The second kappa shape index (κ2) is 6.60. The molecule has 0 bridgehead atoms. The van der Waals surface area contributed by atoms with E-state index in [0.29, 0.717) is 36.2 Å². The van der Waals surface area contributed by atoms with Crippen molar-refractivity contribution >= 4 is 11.9 Å². The summed E-state index contributed by atoms with van der Waals surface area (Å²) in [6, 6.07) is 11.6. The summed E-state index contributed by atoms with van der Waals surface area (Å²) < 4.78 is 5.10. The molecule has 0 aliphatic carbocycles. The second-order valence-electron chi connectivity index (χ2n) is 5.38. The van der Waals surface area contributed by atoms with E-state index in [4.69, 9.17) is 4.74 Å². The number of fused-ring (bicyclic) bond motifs is 1. The van der Waals surface area contributed by atoms with Crippen molar-refractivity contribution in [2.24, 2.45) is 0 Å². The minimum atomic E-state index is -0.464. The van der Waals surface area contributed by atoms with Crippen LogP contribution in [0.25, 0.3) is 0 Å². The number of hydrogen-bond acceptors (Lipinski definition) is 4. The summed E-state index contributed by atoms with van der Waals surface area (Å²) in [5.41, 5.74) is 3.25. The average molecular weight is 310 g/mol. The Balaban J connectivity index is 2.04. The number of nitrogens with one attached hydrogen (secondary N) is 1. The Bertz CT molecular complexity index is 741. The van der Waals surface area contributed by atoms with Gasteiger partial charge in [-0.2, -0.15) is 0 Å². The van der Waals surface area contributed by atoms with Gasteiger partial charge in [0.15, 0.2) is 5.69 Å². The van der Waals surface area contributed by atoms with Crippen LogP contribution in [0.5, 0.6) is 0 Å². The maximum atomic E-state index is 12.2. The lowest BCUT2D eigenvalue weighted by Crippen LogP contribution is -2.34. The number of aromatic nitrogens is 1. The molecule has 1 aromatic heterocycles. The molecular formula is C18H18N2O3. The van der Waals surface area contributed by atoms with Gasteiger partial charge in [0.05, 0.1) is 6.61 Å². The first-order valence-corrected chi connectivity index (χ1v) is 7.71. The molecule has 1 aliphatic heterocycles. The van der Waals surface area contributed by atoms with E-state index in [2.05, 4.69) is 10.3 Å². The molecule has 5 nitrogen and oxygen atoms in total. The van der Waals surface area contributed by atoms with Crippen molar-refractivity contribution in [3.8, 4) is 0 Å². The van der Waals surface area contributed by atoms with Gasteiger partial charge in [-0.3, -0.25) is 4.79 Å². The molecule has 2 heterocycles. The molecular weight excluding hydrogens is 292 g/mol. The van der Waals surface area contributed by atoms with Crippen LogP contribution in [-0.4, -0.2) is 30.0 Å². The summed E-state index contributed by atoms with van der Waals surface area (Å²) in [5, 5.41) is 2.81. The molecule has 0 saturated carbocycles. The number of hydrogen-bond donors (Lipinski definition) is 1. The number of nitrogens with zero attached hydrogens (tertiary/aromatic N) is 1. The summed E-state index contributed by atoms with van der Waals surface area (Å²) in [6.45, 7) is 2.55. The highest BCUT2D eigenvalue weighted by Gasteiger charge is 2.25. The lowest BCUT2D eigenvalue weighted by Gasteiger charge is -2.19. The van der Waals surface area contributed by atoms with E-state index in [1.54, 1.807) is 13.0 Å². The van der Waals surface area contributed by atoms with Crippen molar-refractivity contribution in [1.82, 2.24) is 10.3 Å². The number of esters is 1. The Hall–Kier alpha value is -2.69. The van der Waals surface area contributed by atoms with Crippen LogP contribution >= 0.6 is 0 Å². The van der Waals surface area contributed by atoms with Crippen LogP contribution in [0, 0.1) is 0 Å². The van der Waals surface area contributed by atoms with Gasteiger partial charge in [-0.25, -0.2) is 9.78 Å². The molecule has 1 N–H and O–H groups in total. The van der Waals surface area contributed by atoms with Crippen LogP contribution in [0.2, 0.25) is 0 Å². The van der Waals surface area contributed by atoms with Gasteiger partial charge in [-0.1, -0.05) is 30.3 Å². The van der Waals surface area contributed by atoms with E-state index < -0.39 is 5.97 Å². The molecule has 2 aromatic rings. The Kier molecular flexibility index (Phi) is 4.37. The van der Waals surface area contributed by atoms with Crippen molar-refractivity contribution in [2.45, 2.75) is 19.8 Å². The van der Waals surface area contributed by atoms with Gasteiger partial charge in [-0.15, -0.1) is 0 Å². The van der Waals surface area contributed by atoms with Gasteiger partial charge < -0.3 is 10.1 Å². The lowest BCUT2D eigenvalue weighted by atomic mass is 9.96. The monoisotopic (exact) mass is 310 g/mol. The highest BCUT2D eigenvalue weighted by molar-refractivity contribution is 6.00. The van der Waals surface area contributed by atoms with Crippen molar-refractivity contribution in [1.29, 1.82) is 0 Å². The summed E-state index contributed by atoms with van der Waals surface area (Å²) in [4.78, 5) is 28.8. The molecule has 23 heavy (non-hydrogen) atoms. The molecule has 3 rings (SSSR count). The Morgan fingerprint density at radius 3 is 2.83 bits per heavy atom. The van der Waals surface area contributed by atoms with E-state index in [1.807, 2.05) is 30.3 Å². The highest BCUT2D eigenvalue weighted by Crippen LogP contribution is 2.21. The molecule has 0 unspecified atom stereocenters. The first-order chi connectivity index (χ1) is 11.2. The summed E-state index contributed by atoms with van der Waals surface area (Å²) >= 11 is 0. The first-order valence-electron chi connectivity index (χ1n) is 7.71. The third-order valence-electron chi connectivity index (χ3n) is 3.78. The number of benzene rings is 1. The van der Waals surface area contributed by atoms with Crippen molar-refractivity contribution in [3.05, 3.63) is 64.5 Å². The summed E-state index contributed by atoms with van der Waals surface area (Å²) in [6.07, 6.45) is 1.15. The zero-order valence-electron chi connectivity index (χ0n) is 13.0. The van der Waals surface area contributed by atoms with Crippen LogP contribution in [0.4, 0.5) is 0 Å². The standard InChI is InChI=1S/C18H18N2O3/c1-2-23-18(22)16-14-8-9-19-17(21)15(14)11-13(20-16)10-12-6-4-3-5-7-12/h3-7,11H,2,8-10H2,1H3,(H,19,21). The average Bonchev–Trinajstić information content (AvgIpc) is 2.56. The number of carbonyl (C=O) groups excluding carboxylic acids is 2. The van der Waals surface area contributed by atoms with Gasteiger partial charge in [0.25, 0.3) is 5.91 Å². The van der Waals surface area contributed by atoms with Gasteiger partial charge in [0, 0.05) is 24.2 Å². The van der Waals surface area contributed by atoms with E-state index >= 15 is 0 Å². The number of pyridine rings is 1. The molecule has 0 radical (unpaired) electrons. The molecule has 1 amide bonds. The number of amides is 1. The first kappa shape index (κ1) is 15.2. The normalized spacial score (nSPS) is 13.2. The summed E-state index contributed by atoms with van der Waals surface area (Å²) in [7, 11) is 0. The van der Waals surface area contributed by atoms with Crippen molar-refractivity contribution in [2.75, 3.05) is 13.2 Å². The minimum absolute atomic E-state index is 0.159. The summed E-state index contributed by atoms with van der Waals surface area (Å²) in [5.74, 6) is -0.623. The predicted octanol–water partition coefficient (Wildman–Crippen LogP) is 2.14. The van der Waals surface area contributed by atoms with Gasteiger partial charge in [-0.05, 0) is 30.5 Å². The van der Waals surface area contributed by atoms with Crippen LogP contribution < -0.4 is 5.32 Å². The Morgan fingerprint density at radius 2 is 2.09 bits per heavy atom. The van der Waals surface area contributed by atoms with E-state index in [9.17, 15) is 9.59 Å². The maximum Gasteiger partial charge on any atom is 0.357 e. The van der Waals surface area contributed by atoms with E-state index in [-0.39, 0.29) is 18.2 Å². The Morgan fingerprint density at radius 1 is 1.30 bits per heavy atom. The fourth-order valence-electron chi connectivity index (χ4n) is 2.74. The topological polar surface area (TPSA) is 68.3 Å². The minimum Gasteiger partial charge on any atom is -0.461 e. The highest BCUT2D eigenvalue weighted by atomic mass is 16.5. The van der Waals surface area contributed by atoms with Gasteiger partial charge in [0.2, 0.25) is 0 Å². The molecule has 0 atom stereocenters. The predicted molar refractivity (Wildman–Crippen MR) is 85.5 cm³/mol. The van der Waals surface area contributed by atoms with Gasteiger partial charge >= 0.3 is 5.97 Å². The van der Waals surface area contributed by atoms with E-state index in [1.165, 1.54) is 0 Å².